The van der Waals surface area contributed by atoms with Crippen LogP contribution in [-0.4, -0.2) is 41.3 Å². The number of aryl methyl sites for hydroxylation is 1. The summed E-state index contributed by atoms with van der Waals surface area (Å²) in [6.07, 6.45) is 4.15. The van der Waals surface area contributed by atoms with E-state index in [-0.39, 0.29) is 35.0 Å². The number of carbonyl (C=O) groups is 2. The molecule has 2 aromatic carbocycles. The molecule has 4 aromatic rings. The van der Waals surface area contributed by atoms with E-state index in [0.717, 1.165) is 5.56 Å². The first-order valence-corrected chi connectivity index (χ1v) is 15.6. The Morgan fingerprint density at radius 1 is 1.00 bits per heavy atom. The van der Waals surface area contributed by atoms with E-state index in [4.69, 9.17) is 4.52 Å². The smallest absolute Gasteiger partial charge is 0.263 e. The van der Waals surface area contributed by atoms with E-state index in [1.807, 2.05) is 45.0 Å². The van der Waals surface area contributed by atoms with Gasteiger partial charge in [0.2, 0.25) is 11.8 Å². The van der Waals surface area contributed by atoms with E-state index in [1.54, 1.807) is 61.5 Å². The van der Waals surface area contributed by atoms with Gasteiger partial charge in [0.25, 0.3) is 10.0 Å². The van der Waals surface area contributed by atoms with E-state index >= 15 is 0 Å². The summed E-state index contributed by atoms with van der Waals surface area (Å²) in [5.74, 6) is 0.119. The van der Waals surface area contributed by atoms with Gasteiger partial charge in [0, 0.05) is 30.3 Å². The molecule has 2 N–H and O–H groups in total. The number of nitrogens with one attached hydrogen (secondary N) is 2. The van der Waals surface area contributed by atoms with Crippen LogP contribution in [-0.2, 0) is 26.2 Å². The number of benzene rings is 2. The number of sulfonamides is 1. The summed E-state index contributed by atoms with van der Waals surface area (Å²) in [7, 11) is -3.98. The van der Waals surface area contributed by atoms with Crippen LogP contribution in [0.3, 0.4) is 0 Å². The third-order valence-corrected chi connectivity index (χ3v) is 8.53. The summed E-state index contributed by atoms with van der Waals surface area (Å²) in [5.41, 5.74) is 3.16. The molecule has 2 heterocycles. The average Bonchev–Trinajstić information content (AvgIpc) is 3.29. The number of carbonyl (C=O) groups excluding carboxylic acids is 2. The predicted octanol–water partition coefficient (Wildman–Crippen LogP) is 5.95. The second kappa shape index (κ2) is 13.6. The van der Waals surface area contributed by atoms with Crippen molar-refractivity contribution in [3.8, 4) is 11.1 Å². The highest BCUT2D eigenvalue weighted by Crippen LogP contribution is 2.30. The van der Waals surface area contributed by atoms with Crippen molar-refractivity contribution in [2.24, 2.45) is 5.92 Å². The maximum Gasteiger partial charge on any atom is 0.263 e. The van der Waals surface area contributed by atoms with Gasteiger partial charge in [-0.15, -0.1) is 0 Å². The molecule has 43 heavy (non-hydrogen) atoms. The van der Waals surface area contributed by atoms with Crippen LogP contribution in [0.4, 0.5) is 11.5 Å². The van der Waals surface area contributed by atoms with Gasteiger partial charge in [0.05, 0.1) is 16.8 Å². The zero-order valence-electron chi connectivity index (χ0n) is 25.0. The van der Waals surface area contributed by atoms with E-state index in [1.165, 1.54) is 6.07 Å². The standard InChI is InChI=1S/C32H37N5O5S/c1-6-10-29(38)37(30(21(2)3)32(39)34-26-11-9-18-33-19-26)20-24-14-16-25(17-15-24)27-12-7-8-13-28(27)43(40,41)36-31-22(4)23(5)42-35-31/h7-9,11-19,21,30H,6,10,20H2,1-5H3,(H,34,39)(H,35,36). The molecule has 11 heteroatoms. The van der Waals surface area contributed by atoms with Gasteiger partial charge in [-0.05, 0) is 55.5 Å². The number of aromatic nitrogens is 2. The first-order valence-electron chi connectivity index (χ1n) is 14.2. The highest BCUT2D eigenvalue weighted by molar-refractivity contribution is 7.92. The van der Waals surface area contributed by atoms with Crippen molar-refractivity contribution in [3.05, 3.63) is 89.9 Å². The van der Waals surface area contributed by atoms with Crippen molar-refractivity contribution in [3.63, 3.8) is 0 Å². The van der Waals surface area contributed by atoms with E-state index in [2.05, 4.69) is 20.2 Å². The third-order valence-electron chi connectivity index (χ3n) is 7.13. The van der Waals surface area contributed by atoms with Crippen LogP contribution in [0.2, 0.25) is 0 Å². The summed E-state index contributed by atoms with van der Waals surface area (Å²) in [6.45, 7) is 9.41. The highest BCUT2D eigenvalue weighted by Gasteiger charge is 2.32. The zero-order valence-corrected chi connectivity index (χ0v) is 25.8. The second-order valence-corrected chi connectivity index (χ2v) is 12.4. The Labute approximate surface area is 252 Å². The average molecular weight is 604 g/mol. The van der Waals surface area contributed by atoms with Crippen molar-refractivity contribution < 1.29 is 22.5 Å². The molecule has 2 aromatic heterocycles. The fourth-order valence-electron chi connectivity index (χ4n) is 4.78. The molecule has 1 atom stereocenters. The number of hydrogen-bond donors (Lipinski definition) is 2. The topological polar surface area (TPSA) is 134 Å². The SMILES string of the molecule is CCCC(=O)N(Cc1ccc(-c2ccccc2S(=O)(=O)Nc2noc(C)c2C)cc1)C(C(=O)Nc1cccnc1)C(C)C. The van der Waals surface area contributed by atoms with Crippen molar-refractivity contribution in [2.45, 2.75) is 64.9 Å². The molecule has 0 aliphatic rings. The summed E-state index contributed by atoms with van der Waals surface area (Å²) in [6, 6.07) is 16.8. The minimum Gasteiger partial charge on any atom is -0.359 e. The lowest BCUT2D eigenvalue weighted by Crippen LogP contribution is -2.49. The van der Waals surface area contributed by atoms with E-state index in [0.29, 0.717) is 41.0 Å². The Morgan fingerprint density at radius 2 is 1.72 bits per heavy atom. The summed E-state index contributed by atoms with van der Waals surface area (Å²) in [5, 5.41) is 6.72. The minimum absolute atomic E-state index is 0.0921. The number of anilines is 2. The van der Waals surface area contributed by atoms with E-state index < -0.39 is 16.1 Å². The Bertz CT molecular complexity index is 1670. The quantitative estimate of drug-likeness (QED) is 0.204. The van der Waals surface area contributed by atoms with Gasteiger partial charge in [0.1, 0.15) is 11.8 Å². The molecule has 0 spiro atoms. The predicted molar refractivity (Wildman–Crippen MR) is 166 cm³/mol. The van der Waals surface area contributed by atoms with Gasteiger partial charge in [-0.3, -0.25) is 19.3 Å². The molecule has 0 radical (unpaired) electrons. The summed E-state index contributed by atoms with van der Waals surface area (Å²) in [4.78, 5) is 32.5. The lowest BCUT2D eigenvalue weighted by molar-refractivity contribution is -0.141. The molecule has 2 amide bonds. The van der Waals surface area contributed by atoms with Crippen LogP contribution in [0.5, 0.6) is 0 Å². The Morgan fingerprint density at radius 3 is 2.33 bits per heavy atom. The monoisotopic (exact) mass is 603 g/mol. The van der Waals surface area contributed by atoms with Gasteiger partial charge in [-0.1, -0.05) is 68.4 Å². The minimum atomic E-state index is -3.98. The number of pyridine rings is 1. The van der Waals surface area contributed by atoms with Crippen LogP contribution in [0.1, 0.15) is 50.5 Å². The van der Waals surface area contributed by atoms with Crippen LogP contribution in [0.25, 0.3) is 11.1 Å². The first-order chi connectivity index (χ1) is 20.5. The van der Waals surface area contributed by atoms with E-state index in [9.17, 15) is 18.0 Å². The fourth-order valence-corrected chi connectivity index (χ4v) is 6.07. The van der Waals surface area contributed by atoms with Crippen LogP contribution >= 0.6 is 0 Å². The van der Waals surface area contributed by atoms with Crippen LogP contribution in [0, 0.1) is 19.8 Å². The molecule has 0 fully saturated rings. The molecule has 0 saturated carbocycles. The molecule has 0 aliphatic carbocycles. The lowest BCUT2D eigenvalue weighted by atomic mass is 9.99. The number of rotatable bonds is 12. The second-order valence-electron chi connectivity index (χ2n) is 10.7. The molecule has 226 valence electrons. The van der Waals surface area contributed by atoms with Gasteiger partial charge in [0.15, 0.2) is 5.82 Å². The lowest BCUT2D eigenvalue weighted by Gasteiger charge is -2.33. The van der Waals surface area contributed by atoms with Gasteiger partial charge < -0.3 is 14.7 Å². The molecule has 0 bridgehead atoms. The van der Waals surface area contributed by atoms with Gasteiger partial charge in [-0.25, -0.2) is 8.42 Å². The molecule has 10 nitrogen and oxygen atoms in total. The first kappa shape index (κ1) is 31.4. The zero-order chi connectivity index (χ0) is 31.1. The van der Waals surface area contributed by atoms with Crippen molar-refractivity contribution >= 4 is 33.3 Å². The number of hydrogen-bond acceptors (Lipinski definition) is 7. The van der Waals surface area contributed by atoms with Crippen molar-refractivity contribution in [1.29, 1.82) is 0 Å². The third kappa shape index (κ3) is 7.47. The Kier molecular flexibility index (Phi) is 9.97. The van der Waals surface area contributed by atoms with Crippen molar-refractivity contribution in [2.75, 3.05) is 10.0 Å². The summed E-state index contributed by atoms with van der Waals surface area (Å²) >= 11 is 0. The van der Waals surface area contributed by atoms with Crippen molar-refractivity contribution in [1.82, 2.24) is 15.0 Å². The molecule has 0 saturated heterocycles. The highest BCUT2D eigenvalue weighted by atomic mass is 32.2. The summed E-state index contributed by atoms with van der Waals surface area (Å²) < 4.78 is 34.4. The fraction of sp³-hybridized carbons (Fsp3) is 0.312. The number of nitrogens with zero attached hydrogens (tertiary/aromatic N) is 3. The van der Waals surface area contributed by atoms with Crippen LogP contribution < -0.4 is 10.0 Å². The molecular formula is C32H37N5O5S. The van der Waals surface area contributed by atoms with Crippen LogP contribution in [0.15, 0.2) is 82.5 Å². The molecule has 4 rings (SSSR count). The molecular weight excluding hydrogens is 566 g/mol. The maximum atomic E-state index is 13.4. The normalized spacial score (nSPS) is 12.1. The largest absolute Gasteiger partial charge is 0.359 e. The van der Waals surface area contributed by atoms with Gasteiger partial charge >= 0.3 is 0 Å². The van der Waals surface area contributed by atoms with Gasteiger partial charge in [-0.2, -0.15) is 0 Å². The number of amides is 2. The molecule has 1 unspecified atom stereocenters. The Balaban J connectivity index is 1.61. The molecule has 0 aliphatic heterocycles. The maximum absolute atomic E-state index is 13.4. The Hall–Kier alpha value is -4.51.